The number of benzene rings is 4. The van der Waals surface area contributed by atoms with E-state index in [1.165, 1.54) is 66.0 Å². The minimum absolute atomic E-state index is 0.0618. The van der Waals surface area contributed by atoms with Gasteiger partial charge in [0.15, 0.2) is 0 Å². The van der Waals surface area contributed by atoms with Crippen LogP contribution in [0.2, 0.25) is 0 Å². The van der Waals surface area contributed by atoms with E-state index >= 15 is 0 Å². The van der Waals surface area contributed by atoms with Crippen molar-refractivity contribution in [2.24, 2.45) is 0 Å². The molecule has 1 nitrogen and oxygen atoms in total. The van der Waals surface area contributed by atoms with E-state index in [1.54, 1.807) is 0 Å². The van der Waals surface area contributed by atoms with Crippen molar-refractivity contribution in [3.05, 3.63) is 95.6 Å². The van der Waals surface area contributed by atoms with E-state index in [4.69, 9.17) is 0 Å². The molecule has 0 saturated heterocycles. The number of hydrogen-bond donors (Lipinski definition) is 1. The maximum absolute atomic E-state index is 4.18. The third kappa shape index (κ3) is 2.21. The summed E-state index contributed by atoms with van der Waals surface area (Å²) < 4.78 is 0. The summed E-state index contributed by atoms with van der Waals surface area (Å²) in [7, 11) is 0. The van der Waals surface area contributed by atoms with Crippen LogP contribution < -0.4 is 0 Å². The van der Waals surface area contributed by atoms with Crippen LogP contribution in [0.4, 0.5) is 0 Å². The number of aromatic amines is 1. The smallest absolute Gasteiger partial charge is 0.0551 e. The lowest BCUT2D eigenvalue weighted by molar-refractivity contribution is 0.666. The average Bonchev–Trinajstić information content (AvgIpc) is 3.28. The van der Waals surface area contributed by atoms with E-state index in [2.05, 4.69) is 105 Å². The Kier molecular flexibility index (Phi) is 3.65. The largest absolute Gasteiger partial charge is 0.354 e. The summed E-state index contributed by atoms with van der Waals surface area (Å²) in [5, 5.41) is 5.14. The summed E-state index contributed by atoms with van der Waals surface area (Å²) in [4.78, 5) is 3.80. The number of nitrogens with one attached hydrogen (secondary N) is 1. The van der Waals surface area contributed by atoms with E-state index in [-0.39, 0.29) is 5.41 Å². The first kappa shape index (κ1) is 18.2. The van der Waals surface area contributed by atoms with E-state index in [1.807, 2.05) is 6.08 Å². The molecule has 1 aliphatic rings. The molecule has 150 valence electrons. The van der Waals surface area contributed by atoms with E-state index in [0.717, 1.165) is 0 Å². The molecule has 0 fully saturated rings. The molecule has 4 aromatic carbocycles. The van der Waals surface area contributed by atoms with Crippen LogP contribution in [0, 0.1) is 0 Å². The molecule has 6 rings (SSSR count). The first-order chi connectivity index (χ1) is 15.1. The number of aromatic nitrogens is 1. The molecule has 0 unspecified atom stereocenters. The monoisotopic (exact) mass is 399 g/mol. The van der Waals surface area contributed by atoms with Crippen LogP contribution >= 0.6 is 0 Å². The third-order valence-electron chi connectivity index (χ3n) is 7.06. The van der Waals surface area contributed by atoms with Gasteiger partial charge in [-0.2, -0.15) is 0 Å². The zero-order valence-corrected chi connectivity index (χ0v) is 18.2. The topological polar surface area (TPSA) is 15.8 Å². The Bertz CT molecular complexity index is 1570. The fourth-order valence-corrected chi connectivity index (χ4v) is 5.81. The van der Waals surface area contributed by atoms with E-state index < -0.39 is 0 Å². The highest BCUT2D eigenvalue weighted by Crippen LogP contribution is 2.53. The Balaban J connectivity index is 1.91. The quantitative estimate of drug-likeness (QED) is 0.306. The minimum Gasteiger partial charge on any atom is -0.354 e. The van der Waals surface area contributed by atoms with Crippen molar-refractivity contribution >= 4 is 44.7 Å². The summed E-state index contributed by atoms with van der Waals surface area (Å²) in [6.45, 7) is 11.0. The third-order valence-corrected chi connectivity index (χ3v) is 7.06. The summed E-state index contributed by atoms with van der Waals surface area (Å²) >= 11 is 0. The predicted molar refractivity (Wildman–Crippen MR) is 136 cm³/mol. The second-order valence-corrected chi connectivity index (χ2v) is 9.03. The second kappa shape index (κ2) is 6.21. The molecule has 5 aromatic rings. The van der Waals surface area contributed by atoms with Gasteiger partial charge in [0, 0.05) is 27.1 Å². The van der Waals surface area contributed by atoms with Crippen molar-refractivity contribution in [3.8, 4) is 11.1 Å². The molecule has 0 amide bonds. The molecule has 0 spiro atoms. The summed E-state index contributed by atoms with van der Waals surface area (Å²) in [5.41, 5.74) is 10.3. The van der Waals surface area contributed by atoms with Crippen molar-refractivity contribution in [2.75, 3.05) is 0 Å². The Hall–Kier alpha value is -3.58. The van der Waals surface area contributed by atoms with Gasteiger partial charge in [-0.25, -0.2) is 0 Å². The zero-order chi connectivity index (χ0) is 21.3. The van der Waals surface area contributed by atoms with Crippen LogP contribution in [-0.4, -0.2) is 4.98 Å². The number of H-pyrrole nitrogens is 1. The summed E-state index contributed by atoms with van der Waals surface area (Å²) in [6.07, 6.45) is 6.39. The maximum Gasteiger partial charge on any atom is 0.0551 e. The number of allylic oxidation sites excluding steroid dienone is 1. The van der Waals surface area contributed by atoms with Crippen molar-refractivity contribution in [3.63, 3.8) is 0 Å². The van der Waals surface area contributed by atoms with E-state index in [9.17, 15) is 0 Å². The summed E-state index contributed by atoms with van der Waals surface area (Å²) in [6, 6.07) is 22.1. The van der Waals surface area contributed by atoms with Crippen LogP contribution in [0.15, 0.2) is 73.3 Å². The molecule has 1 aliphatic carbocycles. The Labute approximate surface area is 182 Å². The molecule has 1 heterocycles. The summed E-state index contributed by atoms with van der Waals surface area (Å²) in [5.74, 6) is 0. The maximum atomic E-state index is 4.18. The van der Waals surface area contributed by atoms with Crippen LogP contribution in [0.1, 0.15) is 43.0 Å². The highest BCUT2D eigenvalue weighted by Gasteiger charge is 2.37. The normalized spacial score (nSPS) is 14.5. The van der Waals surface area contributed by atoms with Gasteiger partial charge in [-0.15, -0.1) is 0 Å². The van der Waals surface area contributed by atoms with E-state index in [0.29, 0.717) is 0 Å². The first-order valence-electron chi connectivity index (χ1n) is 11.0. The molecule has 1 N–H and O–H groups in total. The molecule has 0 saturated carbocycles. The highest BCUT2D eigenvalue weighted by atomic mass is 14.7. The van der Waals surface area contributed by atoms with Crippen molar-refractivity contribution in [1.82, 2.24) is 4.98 Å². The van der Waals surface area contributed by atoms with Crippen LogP contribution in [-0.2, 0) is 5.41 Å². The van der Waals surface area contributed by atoms with Gasteiger partial charge in [0.25, 0.3) is 0 Å². The Morgan fingerprint density at radius 3 is 2.32 bits per heavy atom. The fourth-order valence-electron chi connectivity index (χ4n) is 5.81. The van der Waals surface area contributed by atoms with Gasteiger partial charge in [-0.05, 0) is 51.8 Å². The fraction of sp³-hybridized carbons (Fsp3) is 0.133. The van der Waals surface area contributed by atoms with Crippen LogP contribution in [0.3, 0.4) is 0 Å². The number of rotatable bonds is 2. The zero-order valence-electron chi connectivity index (χ0n) is 18.2. The highest BCUT2D eigenvalue weighted by molar-refractivity contribution is 6.24. The minimum atomic E-state index is -0.0618. The number of fused-ring (bicyclic) bond motifs is 9. The lowest BCUT2D eigenvalue weighted by Gasteiger charge is -2.23. The van der Waals surface area contributed by atoms with Gasteiger partial charge < -0.3 is 4.98 Å². The molecule has 0 radical (unpaired) electrons. The van der Waals surface area contributed by atoms with Crippen molar-refractivity contribution < 1.29 is 0 Å². The first-order valence-corrected chi connectivity index (χ1v) is 11.0. The van der Waals surface area contributed by atoms with Gasteiger partial charge in [0.05, 0.1) is 5.52 Å². The van der Waals surface area contributed by atoms with Gasteiger partial charge >= 0.3 is 0 Å². The lowest BCUT2D eigenvalue weighted by atomic mass is 9.80. The SMILES string of the molecule is C=Cc1c(/C=C\C)c2c([nH]c3ccc4c(c32)C(C)(C)c2ccccc2-4)c2ccccc12. The molecule has 1 heteroatoms. The molecular formula is C30H25N. The molecule has 0 bridgehead atoms. The Morgan fingerprint density at radius 1 is 0.806 bits per heavy atom. The van der Waals surface area contributed by atoms with Crippen LogP contribution in [0.25, 0.3) is 55.9 Å². The standard InChI is InChI=1S/C30H25N/c1-5-11-21-18(6-2)19-12-7-8-14-23(19)29-26(21)27-25(31-29)17-16-22-20-13-9-10-15-24(20)30(3,4)28(22)27/h5-17,31H,2H2,1,3-4H3/b11-5-. The Morgan fingerprint density at radius 2 is 1.55 bits per heavy atom. The number of hydrogen-bond acceptors (Lipinski definition) is 0. The van der Waals surface area contributed by atoms with Gasteiger partial charge in [0.2, 0.25) is 0 Å². The lowest BCUT2D eigenvalue weighted by Crippen LogP contribution is -2.15. The molecule has 0 atom stereocenters. The van der Waals surface area contributed by atoms with Crippen LogP contribution in [0.5, 0.6) is 0 Å². The second-order valence-electron chi connectivity index (χ2n) is 9.03. The van der Waals surface area contributed by atoms with Gasteiger partial charge in [-0.3, -0.25) is 0 Å². The van der Waals surface area contributed by atoms with Crippen molar-refractivity contribution in [1.29, 1.82) is 0 Å². The van der Waals surface area contributed by atoms with Crippen molar-refractivity contribution in [2.45, 2.75) is 26.2 Å². The average molecular weight is 400 g/mol. The van der Waals surface area contributed by atoms with Gasteiger partial charge in [-0.1, -0.05) is 93.3 Å². The predicted octanol–water partition coefficient (Wildman–Crippen LogP) is 8.46. The molecule has 1 aromatic heterocycles. The van der Waals surface area contributed by atoms with Gasteiger partial charge in [0.1, 0.15) is 0 Å². The molecule has 31 heavy (non-hydrogen) atoms. The molecular weight excluding hydrogens is 374 g/mol. The molecule has 0 aliphatic heterocycles.